The van der Waals surface area contributed by atoms with E-state index in [1.165, 1.54) is 7.11 Å². The van der Waals surface area contributed by atoms with Crippen molar-refractivity contribution in [2.24, 2.45) is 0 Å². The molecule has 1 fully saturated rings. The van der Waals surface area contributed by atoms with Crippen LogP contribution in [0.2, 0.25) is 0 Å². The molecule has 1 saturated heterocycles. The van der Waals surface area contributed by atoms with E-state index >= 15 is 0 Å². The number of amides is 2. The topological polar surface area (TPSA) is 94.2 Å². The highest BCUT2D eigenvalue weighted by Gasteiger charge is 2.39. The molecule has 0 radical (unpaired) electrons. The van der Waals surface area contributed by atoms with E-state index in [2.05, 4.69) is 10.1 Å². The van der Waals surface area contributed by atoms with Crippen molar-refractivity contribution in [2.45, 2.75) is 12.6 Å². The van der Waals surface area contributed by atoms with Gasteiger partial charge in [-0.05, 0) is 5.56 Å². The fourth-order valence-electron chi connectivity index (χ4n) is 1.72. The Hall–Kier alpha value is -2.61. The van der Waals surface area contributed by atoms with Crippen molar-refractivity contribution in [3.05, 3.63) is 35.9 Å². The van der Waals surface area contributed by atoms with E-state index in [-0.39, 0.29) is 19.8 Å². The van der Waals surface area contributed by atoms with Crippen LogP contribution in [-0.4, -0.2) is 49.3 Å². The molecule has 0 saturated carbocycles. The lowest BCUT2D eigenvalue weighted by Crippen LogP contribution is -2.63. The minimum Gasteiger partial charge on any atom is -0.467 e. The number of hydroxylamine groups is 2. The Morgan fingerprint density at radius 3 is 2.68 bits per heavy atom. The number of nitrogens with one attached hydrogen (secondary N) is 1. The Kier molecular flexibility index (Phi) is 5.31. The van der Waals surface area contributed by atoms with Crippen molar-refractivity contribution in [1.82, 2.24) is 10.4 Å². The number of carbonyl (C=O) groups excluding carboxylic acids is 3. The molecule has 2 amide bonds. The summed E-state index contributed by atoms with van der Waals surface area (Å²) in [6.07, 6.45) is -0.685. The van der Waals surface area contributed by atoms with E-state index in [1.54, 1.807) is 0 Å². The zero-order chi connectivity index (χ0) is 15.9. The normalized spacial score (nSPS) is 16.7. The Bertz CT molecular complexity index is 548. The van der Waals surface area contributed by atoms with Gasteiger partial charge in [0.25, 0.3) is 5.91 Å². The van der Waals surface area contributed by atoms with E-state index in [1.807, 2.05) is 30.3 Å². The summed E-state index contributed by atoms with van der Waals surface area (Å²) in [5, 5.41) is 3.40. The van der Waals surface area contributed by atoms with E-state index in [0.29, 0.717) is 0 Å². The number of rotatable bonds is 6. The van der Waals surface area contributed by atoms with Gasteiger partial charge in [-0.1, -0.05) is 30.3 Å². The van der Waals surface area contributed by atoms with Gasteiger partial charge in [0, 0.05) is 0 Å². The standard InChI is InChI=1S/C14H16N2O6/c1-20-12(17)9-22-16-7-11(13(16)18)15-14(19)21-8-10-5-3-2-4-6-10/h2-6,11H,7-9H2,1H3,(H,15,19)/t11-/m1/s1. The minimum atomic E-state index is -0.707. The van der Waals surface area contributed by atoms with Crippen molar-refractivity contribution in [3.63, 3.8) is 0 Å². The number of hydrogen-bond donors (Lipinski definition) is 1. The molecule has 1 aromatic rings. The lowest BCUT2D eigenvalue weighted by Gasteiger charge is -2.36. The molecule has 0 spiro atoms. The van der Waals surface area contributed by atoms with Crippen LogP contribution in [0.15, 0.2) is 30.3 Å². The number of nitrogens with zero attached hydrogens (tertiary/aromatic N) is 1. The predicted molar refractivity (Wildman–Crippen MR) is 73.2 cm³/mol. The maximum absolute atomic E-state index is 11.7. The van der Waals surface area contributed by atoms with E-state index < -0.39 is 24.0 Å². The number of carbonyl (C=O) groups is 3. The number of alkyl carbamates (subject to hydrolysis) is 1. The average molecular weight is 308 g/mol. The fourth-order valence-corrected chi connectivity index (χ4v) is 1.72. The van der Waals surface area contributed by atoms with Crippen LogP contribution in [0.5, 0.6) is 0 Å². The number of hydrogen-bond acceptors (Lipinski definition) is 6. The van der Waals surface area contributed by atoms with Crippen LogP contribution in [0.1, 0.15) is 5.56 Å². The molecule has 8 nitrogen and oxygen atoms in total. The maximum atomic E-state index is 11.7. The summed E-state index contributed by atoms with van der Waals surface area (Å²) in [7, 11) is 1.22. The van der Waals surface area contributed by atoms with Gasteiger partial charge < -0.3 is 14.8 Å². The van der Waals surface area contributed by atoms with Gasteiger partial charge in [0.2, 0.25) is 0 Å². The van der Waals surface area contributed by atoms with Crippen LogP contribution >= 0.6 is 0 Å². The van der Waals surface area contributed by atoms with Gasteiger partial charge in [-0.25, -0.2) is 14.7 Å². The molecule has 118 valence electrons. The summed E-state index contributed by atoms with van der Waals surface area (Å²) in [6.45, 7) is -0.0835. The highest BCUT2D eigenvalue weighted by molar-refractivity contribution is 5.90. The second-order valence-electron chi connectivity index (χ2n) is 4.51. The van der Waals surface area contributed by atoms with E-state index in [4.69, 9.17) is 9.57 Å². The smallest absolute Gasteiger partial charge is 0.408 e. The number of esters is 1. The van der Waals surface area contributed by atoms with E-state index in [9.17, 15) is 14.4 Å². The zero-order valence-corrected chi connectivity index (χ0v) is 12.0. The van der Waals surface area contributed by atoms with Gasteiger partial charge in [0.1, 0.15) is 12.6 Å². The summed E-state index contributed by atoms with van der Waals surface area (Å²) < 4.78 is 9.38. The molecule has 1 N–H and O–H groups in total. The minimum absolute atomic E-state index is 0.121. The molecule has 1 aromatic carbocycles. The molecule has 8 heteroatoms. The van der Waals surface area contributed by atoms with Gasteiger partial charge >= 0.3 is 12.1 Å². The SMILES string of the molecule is COC(=O)CON1C[C@@H](NC(=O)OCc2ccccc2)C1=O. The van der Waals surface area contributed by atoms with Crippen LogP contribution in [0, 0.1) is 0 Å². The molecule has 2 rings (SSSR count). The first-order valence-electron chi connectivity index (χ1n) is 6.58. The summed E-state index contributed by atoms with van der Waals surface area (Å²) in [5.41, 5.74) is 0.848. The summed E-state index contributed by atoms with van der Waals surface area (Å²) in [4.78, 5) is 39.0. The number of β-lactam (4-membered cyclic amide) rings is 1. The number of ether oxygens (including phenoxy) is 2. The summed E-state index contributed by atoms with van der Waals surface area (Å²) in [6, 6.07) is 8.47. The zero-order valence-electron chi connectivity index (χ0n) is 12.0. The van der Waals surface area contributed by atoms with Crippen molar-refractivity contribution >= 4 is 18.0 Å². The predicted octanol–water partition coefficient (Wildman–Crippen LogP) is 0.228. The van der Waals surface area contributed by atoms with Crippen molar-refractivity contribution < 1.29 is 28.7 Å². The molecule has 1 aliphatic rings. The molecule has 0 unspecified atom stereocenters. The number of benzene rings is 1. The Balaban J connectivity index is 1.66. The number of methoxy groups -OCH3 is 1. The molecule has 1 aliphatic heterocycles. The third-order valence-electron chi connectivity index (χ3n) is 2.96. The van der Waals surface area contributed by atoms with Crippen LogP contribution in [0.4, 0.5) is 4.79 Å². The largest absolute Gasteiger partial charge is 0.467 e. The summed E-state index contributed by atoms with van der Waals surface area (Å²) in [5.74, 6) is -1.04. The quantitative estimate of drug-likeness (QED) is 0.597. The highest BCUT2D eigenvalue weighted by Crippen LogP contribution is 2.11. The third kappa shape index (κ3) is 4.19. The average Bonchev–Trinajstić information content (AvgIpc) is 2.55. The molecular formula is C14H16N2O6. The summed E-state index contributed by atoms with van der Waals surface area (Å²) >= 11 is 0. The lowest BCUT2D eigenvalue weighted by atomic mass is 10.1. The third-order valence-corrected chi connectivity index (χ3v) is 2.96. The monoisotopic (exact) mass is 308 g/mol. The first-order chi connectivity index (χ1) is 10.6. The molecule has 22 heavy (non-hydrogen) atoms. The van der Waals surface area contributed by atoms with Crippen LogP contribution < -0.4 is 5.32 Å². The van der Waals surface area contributed by atoms with Crippen LogP contribution in [0.25, 0.3) is 0 Å². The molecule has 1 atom stereocenters. The van der Waals surface area contributed by atoms with Crippen LogP contribution in [-0.2, 0) is 30.5 Å². The lowest BCUT2D eigenvalue weighted by molar-refractivity contribution is -0.216. The molecule has 0 aliphatic carbocycles. The fraction of sp³-hybridized carbons (Fsp3) is 0.357. The second-order valence-corrected chi connectivity index (χ2v) is 4.51. The second kappa shape index (κ2) is 7.41. The Labute approximate surface area is 126 Å². The molecule has 1 heterocycles. The molecule has 0 aromatic heterocycles. The van der Waals surface area contributed by atoms with Gasteiger partial charge in [-0.3, -0.25) is 9.63 Å². The first kappa shape index (κ1) is 15.8. The van der Waals surface area contributed by atoms with Crippen molar-refractivity contribution in [2.75, 3.05) is 20.3 Å². The Morgan fingerprint density at radius 2 is 2.05 bits per heavy atom. The van der Waals surface area contributed by atoms with Gasteiger partial charge in [0.15, 0.2) is 6.61 Å². The highest BCUT2D eigenvalue weighted by atomic mass is 16.7. The van der Waals surface area contributed by atoms with Gasteiger partial charge in [-0.15, -0.1) is 0 Å². The maximum Gasteiger partial charge on any atom is 0.408 e. The van der Waals surface area contributed by atoms with Gasteiger partial charge in [-0.2, -0.15) is 0 Å². The molecule has 0 bridgehead atoms. The van der Waals surface area contributed by atoms with Crippen molar-refractivity contribution in [1.29, 1.82) is 0 Å². The Morgan fingerprint density at radius 1 is 1.32 bits per heavy atom. The van der Waals surface area contributed by atoms with Gasteiger partial charge in [0.05, 0.1) is 13.7 Å². The molecular weight excluding hydrogens is 292 g/mol. The van der Waals surface area contributed by atoms with Crippen LogP contribution in [0.3, 0.4) is 0 Å². The van der Waals surface area contributed by atoms with Crippen molar-refractivity contribution in [3.8, 4) is 0 Å². The van der Waals surface area contributed by atoms with E-state index in [0.717, 1.165) is 10.6 Å². The first-order valence-corrected chi connectivity index (χ1v) is 6.58.